The first-order valence-electron chi connectivity index (χ1n) is 8.71. The molecule has 1 aliphatic heterocycles. The van der Waals surface area contributed by atoms with Crippen molar-refractivity contribution >= 4 is 11.4 Å². The van der Waals surface area contributed by atoms with Crippen molar-refractivity contribution in [2.75, 3.05) is 37.0 Å². The number of anilines is 2. The highest BCUT2D eigenvalue weighted by molar-refractivity contribution is 5.81. The molecule has 0 fully saturated rings. The lowest BCUT2D eigenvalue weighted by Gasteiger charge is -2.22. The van der Waals surface area contributed by atoms with E-state index < -0.39 is 0 Å². The highest BCUT2D eigenvalue weighted by Gasteiger charge is 2.20. The van der Waals surface area contributed by atoms with Crippen molar-refractivity contribution in [3.63, 3.8) is 0 Å². The van der Waals surface area contributed by atoms with E-state index >= 15 is 0 Å². The quantitative estimate of drug-likeness (QED) is 0.855. The smallest absolute Gasteiger partial charge is 0.0880 e. The van der Waals surface area contributed by atoms with Crippen molar-refractivity contribution < 1.29 is 0 Å². The van der Waals surface area contributed by atoms with Gasteiger partial charge >= 0.3 is 0 Å². The van der Waals surface area contributed by atoms with E-state index in [1.807, 2.05) is 0 Å². The Kier molecular flexibility index (Phi) is 5.07. The van der Waals surface area contributed by atoms with Gasteiger partial charge in [0.15, 0.2) is 0 Å². The molecule has 2 aromatic carbocycles. The van der Waals surface area contributed by atoms with Crippen molar-refractivity contribution in [2.24, 2.45) is 5.73 Å². The van der Waals surface area contributed by atoms with Crippen LogP contribution in [0.25, 0.3) is 11.1 Å². The predicted octanol–water partition coefficient (Wildman–Crippen LogP) is 3.34. The number of benzene rings is 2. The Hall–Kier alpha value is -2.04. The Morgan fingerprint density at radius 1 is 1.17 bits per heavy atom. The van der Waals surface area contributed by atoms with Crippen LogP contribution in [-0.2, 0) is 6.54 Å². The van der Waals surface area contributed by atoms with Crippen LogP contribution in [-0.4, -0.2) is 37.7 Å². The van der Waals surface area contributed by atoms with E-state index in [4.69, 9.17) is 5.73 Å². The van der Waals surface area contributed by atoms with Crippen LogP contribution in [0.5, 0.6) is 0 Å². The molecule has 0 amide bonds. The van der Waals surface area contributed by atoms with Crippen molar-refractivity contribution in [3.05, 3.63) is 48.0 Å². The van der Waals surface area contributed by atoms with E-state index in [1.165, 1.54) is 28.1 Å². The molecular formula is C20H28N4. The summed E-state index contributed by atoms with van der Waals surface area (Å²) >= 11 is 0. The summed E-state index contributed by atoms with van der Waals surface area (Å²) in [6.45, 7) is 7.88. The van der Waals surface area contributed by atoms with Crippen LogP contribution >= 0.6 is 0 Å². The van der Waals surface area contributed by atoms with Crippen LogP contribution in [0.3, 0.4) is 0 Å². The summed E-state index contributed by atoms with van der Waals surface area (Å²) in [5, 5.41) is 3.51. The molecule has 0 aliphatic carbocycles. The van der Waals surface area contributed by atoms with Gasteiger partial charge in [-0.2, -0.15) is 0 Å². The van der Waals surface area contributed by atoms with E-state index in [0.29, 0.717) is 12.6 Å². The lowest BCUT2D eigenvalue weighted by molar-refractivity contribution is 0.336. The van der Waals surface area contributed by atoms with E-state index in [2.05, 4.69) is 78.5 Å². The van der Waals surface area contributed by atoms with Gasteiger partial charge in [0, 0.05) is 25.7 Å². The van der Waals surface area contributed by atoms with Crippen LogP contribution in [0.4, 0.5) is 11.4 Å². The van der Waals surface area contributed by atoms with Crippen molar-refractivity contribution in [1.29, 1.82) is 0 Å². The third kappa shape index (κ3) is 3.55. The number of nitrogens with two attached hydrogens (primary N) is 1. The second-order valence-electron chi connectivity index (χ2n) is 6.86. The summed E-state index contributed by atoms with van der Waals surface area (Å²) < 4.78 is 0. The largest absolute Gasteiger partial charge is 0.366 e. The molecule has 3 N–H and O–H groups in total. The fourth-order valence-corrected chi connectivity index (χ4v) is 3.28. The molecule has 1 aliphatic rings. The van der Waals surface area contributed by atoms with E-state index in [9.17, 15) is 0 Å². The molecule has 0 aromatic heterocycles. The van der Waals surface area contributed by atoms with Gasteiger partial charge in [0.1, 0.15) is 0 Å². The van der Waals surface area contributed by atoms with Crippen molar-refractivity contribution in [1.82, 2.24) is 4.90 Å². The number of hydrogen-bond acceptors (Lipinski definition) is 4. The molecule has 0 saturated carbocycles. The van der Waals surface area contributed by atoms with E-state index in [1.54, 1.807) is 0 Å². The van der Waals surface area contributed by atoms with Gasteiger partial charge in [0.05, 0.1) is 18.0 Å². The maximum atomic E-state index is 5.64. The normalized spacial score (nSPS) is 13.5. The van der Waals surface area contributed by atoms with Crippen LogP contribution in [0.15, 0.2) is 42.5 Å². The number of fused-ring (bicyclic) bond motifs is 1. The molecule has 3 rings (SSSR count). The summed E-state index contributed by atoms with van der Waals surface area (Å²) in [5.74, 6) is 0. The number of nitrogens with zero attached hydrogens (tertiary/aromatic N) is 2. The number of likely N-dealkylation sites (N-methyl/N-ethyl adjacent to an activating group) is 1. The molecule has 0 radical (unpaired) electrons. The second-order valence-corrected chi connectivity index (χ2v) is 6.86. The summed E-state index contributed by atoms with van der Waals surface area (Å²) in [6.07, 6.45) is 0. The molecule has 0 unspecified atom stereocenters. The molecule has 2 aromatic rings. The molecule has 4 heteroatoms. The number of rotatable bonds is 6. The fourth-order valence-electron chi connectivity index (χ4n) is 3.28. The maximum Gasteiger partial charge on any atom is 0.0880 e. The van der Waals surface area contributed by atoms with E-state index in [-0.39, 0.29) is 0 Å². The zero-order valence-electron chi connectivity index (χ0n) is 14.9. The zero-order valence-corrected chi connectivity index (χ0v) is 14.9. The van der Waals surface area contributed by atoms with Crippen molar-refractivity contribution in [3.8, 4) is 11.1 Å². The third-order valence-electron chi connectivity index (χ3n) is 4.59. The highest BCUT2D eigenvalue weighted by Crippen LogP contribution is 2.36. The van der Waals surface area contributed by atoms with Gasteiger partial charge < -0.3 is 20.9 Å². The number of nitrogens with one attached hydrogen (secondary N) is 1. The summed E-state index contributed by atoms with van der Waals surface area (Å²) in [7, 11) is 2.11. The minimum atomic E-state index is 0.506. The first kappa shape index (κ1) is 16.8. The molecule has 24 heavy (non-hydrogen) atoms. The Morgan fingerprint density at radius 2 is 1.96 bits per heavy atom. The van der Waals surface area contributed by atoms with Gasteiger partial charge in [-0.15, -0.1) is 0 Å². The minimum absolute atomic E-state index is 0.506. The van der Waals surface area contributed by atoms with Gasteiger partial charge in [0.25, 0.3) is 0 Å². The standard InChI is InChI=1S/C20H28N4/c1-15(2)24-14-22-19-12-18(7-8-20(19)24)17-6-4-5-16(11-17)13-23(3)10-9-21/h4-8,11-12,15,22H,9-10,13-14,21H2,1-3H3. The average Bonchev–Trinajstić information content (AvgIpc) is 2.98. The lowest BCUT2D eigenvalue weighted by atomic mass is 10.0. The van der Waals surface area contributed by atoms with E-state index in [0.717, 1.165) is 19.8 Å². The lowest BCUT2D eigenvalue weighted by Crippen LogP contribution is -2.29. The summed E-state index contributed by atoms with van der Waals surface area (Å²) in [6, 6.07) is 16.0. The Balaban J connectivity index is 1.83. The maximum absolute atomic E-state index is 5.64. The zero-order chi connectivity index (χ0) is 17.1. The van der Waals surface area contributed by atoms with Gasteiger partial charge in [-0.05, 0) is 55.8 Å². The first-order chi connectivity index (χ1) is 11.6. The molecule has 0 bridgehead atoms. The SMILES string of the molecule is CC(C)N1CNc2cc(-c3cccc(CN(C)CCN)c3)ccc21. The Bertz CT molecular complexity index is 696. The fraction of sp³-hybridized carbons (Fsp3) is 0.400. The van der Waals surface area contributed by atoms with Crippen molar-refractivity contribution in [2.45, 2.75) is 26.4 Å². The Labute approximate surface area is 145 Å². The minimum Gasteiger partial charge on any atom is -0.366 e. The van der Waals surface area contributed by atoms with Crippen LogP contribution in [0.1, 0.15) is 19.4 Å². The molecule has 0 saturated heterocycles. The molecule has 1 heterocycles. The Morgan fingerprint density at radius 3 is 2.71 bits per heavy atom. The summed E-state index contributed by atoms with van der Waals surface area (Å²) in [4.78, 5) is 4.64. The van der Waals surface area contributed by atoms with Gasteiger partial charge in [0.2, 0.25) is 0 Å². The molecule has 0 atom stereocenters. The van der Waals surface area contributed by atoms with Crippen LogP contribution in [0, 0.1) is 0 Å². The molecule has 128 valence electrons. The topological polar surface area (TPSA) is 44.5 Å². The van der Waals surface area contributed by atoms with Crippen LogP contribution < -0.4 is 16.0 Å². The molecule has 0 spiro atoms. The van der Waals surface area contributed by atoms with Gasteiger partial charge in [-0.25, -0.2) is 0 Å². The van der Waals surface area contributed by atoms with Gasteiger partial charge in [-0.1, -0.05) is 24.3 Å². The summed E-state index contributed by atoms with van der Waals surface area (Å²) in [5.41, 5.74) is 12.0. The monoisotopic (exact) mass is 324 g/mol. The molecule has 4 nitrogen and oxygen atoms in total. The van der Waals surface area contributed by atoms with Crippen LogP contribution in [0.2, 0.25) is 0 Å². The first-order valence-corrected chi connectivity index (χ1v) is 8.71. The van der Waals surface area contributed by atoms with Gasteiger partial charge in [-0.3, -0.25) is 0 Å². The number of hydrogen-bond donors (Lipinski definition) is 2. The third-order valence-corrected chi connectivity index (χ3v) is 4.59. The predicted molar refractivity (Wildman–Crippen MR) is 103 cm³/mol. The average molecular weight is 324 g/mol. The second kappa shape index (κ2) is 7.24. The highest BCUT2D eigenvalue weighted by atomic mass is 15.3. The molecular weight excluding hydrogens is 296 g/mol.